The molecule has 7 heteroatoms. The van der Waals surface area contributed by atoms with Crippen LogP contribution in [-0.4, -0.2) is 43.0 Å². The van der Waals surface area contributed by atoms with Gasteiger partial charge in [0.2, 0.25) is 0 Å². The van der Waals surface area contributed by atoms with Gasteiger partial charge in [-0.15, -0.1) is 0 Å². The second-order valence-electron chi connectivity index (χ2n) is 4.33. The van der Waals surface area contributed by atoms with Gasteiger partial charge in [-0.2, -0.15) is 0 Å². The van der Waals surface area contributed by atoms with E-state index in [2.05, 4.69) is 10.6 Å². The molecule has 0 aliphatic heterocycles. The van der Waals surface area contributed by atoms with Crippen LogP contribution in [0.25, 0.3) is 0 Å². The molecule has 1 aromatic rings. The molecule has 104 valence electrons. The molecule has 19 heavy (non-hydrogen) atoms. The number of carbonyl (C=O) groups excluding carboxylic acids is 1. The molecule has 0 atom stereocenters. The average Bonchev–Trinajstić information content (AvgIpc) is 2.33. The first-order chi connectivity index (χ1) is 8.91. The highest BCUT2D eigenvalue weighted by Gasteiger charge is 2.12. The van der Waals surface area contributed by atoms with Crippen molar-refractivity contribution in [3.05, 3.63) is 33.9 Å². The van der Waals surface area contributed by atoms with Crippen LogP contribution in [0, 0.1) is 17.0 Å². The van der Waals surface area contributed by atoms with Crippen molar-refractivity contribution in [2.24, 2.45) is 0 Å². The fourth-order valence-corrected chi connectivity index (χ4v) is 1.48. The van der Waals surface area contributed by atoms with E-state index < -0.39 is 4.92 Å². The van der Waals surface area contributed by atoms with Crippen LogP contribution in [0.2, 0.25) is 0 Å². The van der Waals surface area contributed by atoms with E-state index in [0.29, 0.717) is 18.8 Å². The van der Waals surface area contributed by atoms with Gasteiger partial charge >= 0.3 is 6.03 Å². The number of benzene rings is 1. The van der Waals surface area contributed by atoms with Gasteiger partial charge in [0.15, 0.2) is 0 Å². The molecule has 0 saturated carbocycles. The SMILES string of the molecule is Cc1ccc([N+](=O)[O-])c(NCCNC(=O)N(C)C)c1. The van der Waals surface area contributed by atoms with E-state index in [0.717, 1.165) is 5.56 Å². The molecule has 0 spiro atoms. The highest BCUT2D eigenvalue weighted by Crippen LogP contribution is 2.24. The molecule has 2 amide bonds. The van der Waals surface area contributed by atoms with Crippen molar-refractivity contribution in [1.82, 2.24) is 10.2 Å². The lowest BCUT2D eigenvalue weighted by Crippen LogP contribution is -2.37. The Bertz CT molecular complexity index is 474. The maximum atomic E-state index is 11.3. The Kier molecular flexibility index (Phi) is 5.11. The molecule has 0 aromatic heterocycles. The first kappa shape index (κ1) is 14.7. The van der Waals surface area contributed by atoms with Gasteiger partial charge in [-0.3, -0.25) is 10.1 Å². The van der Waals surface area contributed by atoms with Crippen LogP contribution in [0.3, 0.4) is 0 Å². The van der Waals surface area contributed by atoms with Crippen LogP contribution in [-0.2, 0) is 0 Å². The van der Waals surface area contributed by atoms with E-state index in [9.17, 15) is 14.9 Å². The van der Waals surface area contributed by atoms with Crippen LogP contribution >= 0.6 is 0 Å². The van der Waals surface area contributed by atoms with E-state index in [1.54, 1.807) is 26.2 Å². The second kappa shape index (κ2) is 6.58. The molecule has 0 radical (unpaired) electrons. The Morgan fingerprint density at radius 1 is 1.37 bits per heavy atom. The molecular formula is C12H18N4O3. The van der Waals surface area contributed by atoms with E-state index in [-0.39, 0.29) is 11.7 Å². The number of rotatable bonds is 5. The number of nitrogens with one attached hydrogen (secondary N) is 2. The molecule has 0 bridgehead atoms. The van der Waals surface area contributed by atoms with Crippen molar-refractivity contribution in [1.29, 1.82) is 0 Å². The maximum absolute atomic E-state index is 11.3. The Hall–Kier alpha value is -2.31. The van der Waals surface area contributed by atoms with Gasteiger partial charge in [-0.05, 0) is 18.6 Å². The first-order valence-corrected chi connectivity index (χ1v) is 5.86. The third-order valence-corrected chi connectivity index (χ3v) is 2.47. The molecule has 2 N–H and O–H groups in total. The first-order valence-electron chi connectivity index (χ1n) is 5.86. The molecule has 0 unspecified atom stereocenters. The Balaban J connectivity index is 2.55. The number of nitro groups is 1. The highest BCUT2D eigenvalue weighted by atomic mass is 16.6. The number of nitro benzene ring substituents is 1. The van der Waals surface area contributed by atoms with Gasteiger partial charge in [-0.25, -0.2) is 4.79 Å². The minimum atomic E-state index is -0.430. The molecule has 1 aromatic carbocycles. The summed E-state index contributed by atoms with van der Waals surface area (Å²) in [6.07, 6.45) is 0. The third-order valence-electron chi connectivity index (χ3n) is 2.47. The van der Waals surface area contributed by atoms with Crippen LogP contribution < -0.4 is 10.6 Å². The van der Waals surface area contributed by atoms with Gasteiger partial charge in [-0.1, -0.05) is 6.07 Å². The van der Waals surface area contributed by atoms with Gasteiger partial charge in [0.1, 0.15) is 5.69 Å². The number of nitrogens with zero attached hydrogens (tertiary/aromatic N) is 2. The molecule has 7 nitrogen and oxygen atoms in total. The predicted octanol–water partition coefficient (Wildman–Crippen LogP) is 1.59. The number of hydrogen-bond donors (Lipinski definition) is 2. The minimum absolute atomic E-state index is 0.0320. The van der Waals surface area contributed by atoms with E-state index >= 15 is 0 Å². The molecule has 0 fully saturated rings. The van der Waals surface area contributed by atoms with Crippen molar-refractivity contribution >= 4 is 17.4 Å². The number of carbonyl (C=O) groups is 1. The molecule has 1 rings (SSSR count). The number of hydrogen-bond acceptors (Lipinski definition) is 4. The van der Waals surface area contributed by atoms with Crippen molar-refractivity contribution < 1.29 is 9.72 Å². The zero-order chi connectivity index (χ0) is 14.4. The summed E-state index contributed by atoms with van der Waals surface area (Å²) in [7, 11) is 3.29. The van der Waals surface area contributed by atoms with Gasteiger partial charge in [0, 0.05) is 33.3 Å². The van der Waals surface area contributed by atoms with E-state index in [1.165, 1.54) is 11.0 Å². The fraction of sp³-hybridized carbons (Fsp3) is 0.417. The molecule has 0 aliphatic carbocycles. The highest BCUT2D eigenvalue weighted by molar-refractivity contribution is 5.73. The minimum Gasteiger partial charge on any atom is -0.378 e. The lowest BCUT2D eigenvalue weighted by atomic mass is 10.2. The van der Waals surface area contributed by atoms with Crippen molar-refractivity contribution in [3.63, 3.8) is 0 Å². The average molecular weight is 266 g/mol. The van der Waals surface area contributed by atoms with Crippen LogP contribution in [0.1, 0.15) is 5.56 Å². The predicted molar refractivity (Wildman–Crippen MR) is 73.4 cm³/mol. The molecule has 0 aliphatic rings. The fourth-order valence-electron chi connectivity index (χ4n) is 1.48. The maximum Gasteiger partial charge on any atom is 0.316 e. The lowest BCUT2D eigenvalue weighted by molar-refractivity contribution is -0.384. The van der Waals surface area contributed by atoms with Crippen molar-refractivity contribution in [2.75, 3.05) is 32.5 Å². The monoisotopic (exact) mass is 266 g/mol. The normalized spacial score (nSPS) is 9.84. The Labute approximate surface area is 111 Å². The zero-order valence-corrected chi connectivity index (χ0v) is 11.3. The van der Waals surface area contributed by atoms with Crippen LogP contribution in [0.4, 0.5) is 16.2 Å². The largest absolute Gasteiger partial charge is 0.378 e. The van der Waals surface area contributed by atoms with Gasteiger partial charge in [0.05, 0.1) is 4.92 Å². The van der Waals surface area contributed by atoms with Crippen molar-refractivity contribution in [2.45, 2.75) is 6.92 Å². The summed E-state index contributed by atoms with van der Waals surface area (Å²) in [5, 5.41) is 16.5. The smallest absolute Gasteiger partial charge is 0.316 e. The number of urea groups is 1. The van der Waals surface area contributed by atoms with Crippen LogP contribution in [0.15, 0.2) is 18.2 Å². The zero-order valence-electron chi connectivity index (χ0n) is 11.3. The summed E-state index contributed by atoms with van der Waals surface area (Å²) in [6.45, 7) is 2.68. The Morgan fingerprint density at radius 2 is 2.05 bits per heavy atom. The lowest BCUT2D eigenvalue weighted by Gasteiger charge is -2.12. The summed E-state index contributed by atoms with van der Waals surface area (Å²) in [6, 6.07) is 4.68. The summed E-state index contributed by atoms with van der Waals surface area (Å²) in [5.74, 6) is 0. The second-order valence-corrected chi connectivity index (χ2v) is 4.33. The summed E-state index contributed by atoms with van der Waals surface area (Å²) in [4.78, 5) is 23.1. The summed E-state index contributed by atoms with van der Waals surface area (Å²) in [5.41, 5.74) is 1.43. The summed E-state index contributed by atoms with van der Waals surface area (Å²) < 4.78 is 0. The third kappa shape index (κ3) is 4.46. The number of amides is 2. The van der Waals surface area contributed by atoms with E-state index in [4.69, 9.17) is 0 Å². The molecule has 0 heterocycles. The van der Waals surface area contributed by atoms with Gasteiger partial charge < -0.3 is 15.5 Å². The van der Waals surface area contributed by atoms with Gasteiger partial charge in [0.25, 0.3) is 5.69 Å². The Morgan fingerprint density at radius 3 is 2.63 bits per heavy atom. The number of anilines is 1. The van der Waals surface area contributed by atoms with Crippen molar-refractivity contribution in [3.8, 4) is 0 Å². The number of aryl methyl sites for hydroxylation is 1. The molecule has 0 saturated heterocycles. The van der Waals surface area contributed by atoms with Crippen LogP contribution in [0.5, 0.6) is 0 Å². The quantitative estimate of drug-likeness (QED) is 0.481. The topological polar surface area (TPSA) is 87.5 Å². The summed E-state index contributed by atoms with van der Waals surface area (Å²) >= 11 is 0. The van der Waals surface area contributed by atoms with E-state index in [1.807, 2.05) is 6.92 Å². The molecular weight excluding hydrogens is 248 g/mol. The standard InChI is InChI=1S/C12H18N4O3/c1-9-4-5-11(16(18)19)10(8-9)13-6-7-14-12(17)15(2)3/h4-5,8,13H,6-7H2,1-3H3,(H,14,17).